The van der Waals surface area contributed by atoms with E-state index in [1.165, 1.54) is 7.11 Å². The molecule has 0 atom stereocenters. The fourth-order valence-corrected chi connectivity index (χ4v) is 3.96. The van der Waals surface area contributed by atoms with Gasteiger partial charge in [-0.3, -0.25) is 4.79 Å². The number of aromatic amines is 1. The molecule has 0 aliphatic carbocycles. The van der Waals surface area contributed by atoms with Crippen LogP contribution >= 0.6 is 11.3 Å². The third kappa shape index (κ3) is 4.37. The zero-order valence-electron chi connectivity index (χ0n) is 17.1. The van der Waals surface area contributed by atoms with Crippen molar-refractivity contribution in [2.75, 3.05) is 27.4 Å². The van der Waals surface area contributed by atoms with Gasteiger partial charge in [-0.2, -0.15) is 0 Å². The number of rotatable bonds is 8. The van der Waals surface area contributed by atoms with Crippen LogP contribution < -0.4 is 0 Å². The first-order valence-electron chi connectivity index (χ1n) is 9.58. The average molecular weight is 439 g/mol. The molecule has 160 valence electrons. The third-order valence-electron chi connectivity index (χ3n) is 4.69. The summed E-state index contributed by atoms with van der Waals surface area (Å²) in [7, 11) is 3.28. The predicted octanol–water partition coefficient (Wildman–Crippen LogP) is 3.10. The molecule has 4 rings (SSSR count). The Morgan fingerprint density at radius 1 is 1.32 bits per heavy atom. The van der Waals surface area contributed by atoms with E-state index in [9.17, 15) is 9.59 Å². The highest BCUT2D eigenvalue weighted by atomic mass is 32.1. The van der Waals surface area contributed by atoms with Crippen LogP contribution in [0.25, 0.3) is 17.1 Å². The topological polar surface area (TPSA) is 93.8 Å². The van der Waals surface area contributed by atoms with Crippen molar-refractivity contribution in [2.24, 2.45) is 0 Å². The molecular weight excluding hydrogens is 418 g/mol. The minimum atomic E-state index is -0.737. The standard InChI is InChI=1S/C22H21N3O5S/c1-25(13-15-5-4-10-31-15)21-18(22(27)29-9-8-28-2)19(26)17(30-21)11-14-12-24-20-16(14)6-3-7-23-20/h3-7,10-12H,8-9,13H2,1-2H3,(H,23,24). The number of nitrogens with zero attached hydrogens (tertiary/aromatic N) is 2. The molecule has 9 heteroatoms. The predicted molar refractivity (Wildman–Crippen MR) is 116 cm³/mol. The lowest BCUT2D eigenvalue weighted by molar-refractivity contribution is -0.141. The van der Waals surface area contributed by atoms with Gasteiger partial charge in [-0.15, -0.1) is 11.3 Å². The Labute approximate surface area is 182 Å². The van der Waals surface area contributed by atoms with Crippen LogP contribution in [0.5, 0.6) is 0 Å². The van der Waals surface area contributed by atoms with Gasteiger partial charge in [0.05, 0.1) is 13.2 Å². The summed E-state index contributed by atoms with van der Waals surface area (Å²) >= 11 is 1.58. The van der Waals surface area contributed by atoms with E-state index in [1.807, 2.05) is 29.6 Å². The van der Waals surface area contributed by atoms with E-state index in [0.29, 0.717) is 12.2 Å². The molecule has 0 amide bonds. The van der Waals surface area contributed by atoms with Gasteiger partial charge in [0, 0.05) is 42.4 Å². The van der Waals surface area contributed by atoms with E-state index in [-0.39, 0.29) is 30.4 Å². The largest absolute Gasteiger partial charge is 0.459 e. The van der Waals surface area contributed by atoms with Gasteiger partial charge in [0.15, 0.2) is 11.3 Å². The molecule has 0 bridgehead atoms. The molecule has 0 spiro atoms. The number of hydrogen-bond acceptors (Lipinski definition) is 8. The molecule has 4 heterocycles. The lowest BCUT2D eigenvalue weighted by Crippen LogP contribution is -2.22. The summed E-state index contributed by atoms with van der Waals surface area (Å²) < 4.78 is 16.0. The normalized spacial score (nSPS) is 15.0. The van der Waals surface area contributed by atoms with Gasteiger partial charge in [-0.1, -0.05) is 6.07 Å². The Morgan fingerprint density at radius 3 is 2.97 bits per heavy atom. The molecule has 8 nitrogen and oxygen atoms in total. The zero-order chi connectivity index (χ0) is 21.8. The van der Waals surface area contributed by atoms with Crippen molar-refractivity contribution < 1.29 is 23.8 Å². The van der Waals surface area contributed by atoms with Crippen molar-refractivity contribution in [3.05, 3.63) is 69.7 Å². The maximum absolute atomic E-state index is 13.1. The summed E-state index contributed by atoms with van der Waals surface area (Å²) in [5.74, 6) is -1.03. The number of aromatic nitrogens is 2. The first-order valence-corrected chi connectivity index (χ1v) is 10.5. The van der Waals surface area contributed by atoms with Gasteiger partial charge in [0.2, 0.25) is 11.7 Å². The molecule has 1 aliphatic rings. The second-order valence-electron chi connectivity index (χ2n) is 6.83. The molecule has 31 heavy (non-hydrogen) atoms. The highest BCUT2D eigenvalue weighted by Gasteiger charge is 2.38. The first kappa shape index (κ1) is 20.8. The summed E-state index contributed by atoms with van der Waals surface area (Å²) in [5, 5.41) is 2.81. The second-order valence-corrected chi connectivity index (χ2v) is 7.86. The number of Topliss-reactive ketones (excluding diaryl/α,β-unsaturated/α-hetero) is 1. The number of nitrogens with one attached hydrogen (secondary N) is 1. The third-order valence-corrected chi connectivity index (χ3v) is 5.55. The molecule has 0 unspecified atom stereocenters. The molecule has 3 aromatic rings. The van der Waals surface area contributed by atoms with E-state index in [4.69, 9.17) is 14.2 Å². The van der Waals surface area contributed by atoms with Crippen molar-refractivity contribution in [1.29, 1.82) is 0 Å². The number of allylic oxidation sites excluding steroid dienone is 1. The number of ether oxygens (including phenoxy) is 3. The number of carbonyl (C=O) groups is 2. The fourth-order valence-electron chi connectivity index (χ4n) is 3.20. The van der Waals surface area contributed by atoms with Crippen molar-refractivity contribution in [2.45, 2.75) is 6.54 Å². The molecule has 0 saturated carbocycles. The van der Waals surface area contributed by atoms with Crippen molar-refractivity contribution >= 4 is 40.2 Å². The van der Waals surface area contributed by atoms with Crippen molar-refractivity contribution in [3.63, 3.8) is 0 Å². The summed E-state index contributed by atoms with van der Waals surface area (Å²) in [6.45, 7) is 0.764. The quantitative estimate of drug-likeness (QED) is 0.249. The summed E-state index contributed by atoms with van der Waals surface area (Å²) in [4.78, 5) is 35.9. The number of thiophene rings is 1. The SMILES string of the molecule is COCCOC(=O)C1=C(N(C)Cc2cccs2)OC(=Cc2c[nH]c3ncccc23)C1=O. The van der Waals surface area contributed by atoms with Gasteiger partial charge >= 0.3 is 5.97 Å². The number of ketones is 1. The molecule has 0 radical (unpaired) electrons. The van der Waals surface area contributed by atoms with E-state index in [0.717, 1.165) is 15.8 Å². The van der Waals surface area contributed by atoms with Gasteiger partial charge in [-0.25, -0.2) is 9.78 Å². The molecule has 1 N–H and O–H groups in total. The Balaban J connectivity index is 1.65. The number of hydrogen-bond donors (Lipinski definition) is 1. The lowest BCUT2D eigenvalue weighted by atomic mass is 10.1. The summed E-state index contributed by atoms with van der Waals surface area (Å²) in [6.07, 6.45) is 5.03. The fraction of sp³-hybridized carbons (Fsp3) is 0.227. The molecule has 0 fully saturated rings. The minimum Gasteiger partial charge on any atom is -0.459 e. The monoisotopic (exact) mass is 439 g/mol. The van der Waals surface area contributed by atoms with Gasteiger partial charge in [-0.05, 0) is 29.7 Å². The zero-order valence-corrected chi connectivity index (χ0v) is 17.9. The Bertz CT molecular complexity index is 1160. The van der Waals surface area contributed by atoms with E-state index in [2.05, 4.69) is 9.97 Å². The molecule has 1 aliphatic heterocycles. The number of esters is 1. The van der Waals surface area contributed by atoms with E-state index >= 15 is 0 Å². The highest BCUT2D eigenvalue weighted by Crippen LogP contribution is 2.31. The average Bonchev–Trinajstić information content (AvgIpc) is 3.49. The summed E-state index contributed by atoms with van der Waals surface area (Å²) in [5.41, 5.74) is 1.31. The Kier molecular flexibility index (Phi) is 6.15. The number of pyridine rings is 1. The number of fused-ring (bicyclic) bond motifs is 1. The Morgan fingerprint density at radius 2 is 2.19 bits per heavy atom. The minimum absolute atomic E-state index is 0.0429. The smallest absolute Gasteiger partial charge is 0.347 e. The first-order chi connectivity index (χ1) is 15.1. The Hall–Kier alpha value is -3.43. The van der Waals surface area contributed by atoms with Crippen LogP contribution in [-0.2, 0) is 30.3 Å². The number of methoxy groups -OCH3 is 1. The van der Waals surface area contributed by atoms with Crippen LogP contribution in [0.1, 0.15) is 10.4 Å². The van der Waals surface area contributed by atoms with Crippen LogP contribution in [0.2, 0.25) is 0 Å². The maximum atomic E-state index is 13.1. The van der Waals surface area contributed by atoms with Gasteiger partial charge in [0.25, 0.3) is 0 Å². The van der Waals surface area contributed by atoms with Crippen molar-refractivity contribution in [3.8, 4) is 0 Å². The van der Waals surface area contributed by atoms with Gasteiger partial charge in [0.1, 0.15) is 12.3 Å². The van der Waals surface area contributed by atoms with Gasteiger partial charge < -0.3 is 24.1 Å². The van der Waals surface area contributed by atoms with E-state index < -0.39 is 11.8 Å². The molecular formula is C22H21N3O5S. The lowest BCUT2D eigenvalue weighted by Gasteiger charge is -2.19. The van der Waals surface area contributed by atoms with Crippen LogP contribution in [0.3, 0.4) is 0 Å². The number of carbonyl (C=O) groups excluding carboxylic acids is 2. The van der Waals surface area contributed by atoms with Crippen molar-refractivity contribution in [1.82, 2.24) is 14.9 Å². The maximum Gasteiger partial charge on any atom is 0.347 e. The van der Waals surface area contributed by atoms with Crippen LogP contribution in [0.15, 0.2) is 59.3 Å². The molecule has 0 aromatic carbocycles. The van der Waals surface area contributed by atoms with Crippen LogP contribution in [0.4, 0.5) is 0 Å². The second kappa shape index (κ2) is 9.15. The molecule has 3 aromatic heterocycles. The van der Waals surface area contributed by atoms with E-state index in [1.54, 1.807) is 41.8 Å². The number of H-pyrrole nitrogens is 1. The van der Waals surface area contributed by atoms with Crippen LogP contribution in [-0.4, -0.2) is 54.0 Å². The highest BCUT2D eigenvalue weighted by molar-refractivity contribution is 7.09. The summed E-state index contributed by atoms with van der Waals surface area (Å²) in [6, 6.07) is 7.62. The van der Waals surface area contributed by atoms with Crippen LogP contribution in [0, 0.1) is 0 Å². The molecule has 0 saturated heterocycles.